The third-order valence-electron chi connectivity index (χ3n) is 6.95. The zero-order chi connectivity index (χ0) is 30.3. The van der Waals surface area contributed by atoms with Gasteiger partial charge in [0.1, 0.15) is 35.4 Å². The molecule has 0 spiro atoms. The lowest BCUT2D eigenvalue weighted by molar-refractivity contribution is -0.140. The second-order valence-electron chi connectivity index (χ2n) is 9.62. The van der Waals surface area contributed by atoms with Crippen LogP contribution in [0.1, 0.15) is 17.2 Å². The number of hydrogen-bond acceptors (Lipinski definition) is 7. The van der Waals surface area contributed by atoms with Gasteiger partial charge in [-0.1, -0.05) is 53.2 Å². The van der Waals surface area contributed by atoms with Gasteiger partial charge in [-0.2, -0.15) is 0 Å². The van der Waals surface area contributed by atoms with E-state index in [1.807, 2.05) is 48.5 Å². The number of hydrogen-bond donors (Lipinski definition) is 1. The summed E-state index contributed by atoms with van der Waals surface area (Å²) in [6.45, 7) is -0.0180. The van der Waals surface area contributed by atoms with Gasteiger partial charge in [0.2, 0.25) is 5.91 Å². The molecular weight excluding hydrogens is 570 g/mol. The van der Waals surface area contributed by atoms with Gasteiger partial charge in [0.15, 0.2) is 0 Å². The van der Waals surface area contributed by atoms with Crippen LogP contribution < -0.4 is 19.5 Å². The Balaban J connectivity index is 1.56. The molecule has 0 saturated carbocycles. The number of benzene rings is 4. The normalized spacial score (nSPS) is 11.5. The summed E-state index contributed by atoms with van der Waals surface area (Å²) >= 11 is 6.20. The largest absolute Gasteiger partial charge is 0.497 e. The molecule has 220 valence electrons. The predicted molar refractivity (Wildman–Crippen MR) is 163 cm³/mol. The van der Waals surface area contributed by atoms with Crippen LogP contribution in [0.2, 0.25) is 5.02 Å². The van der Waals surface area contributed by atoms with E-state index in [0.717, 1.165) is 5.56 Å². The molecule has 0 radical (unpaired) electrons. The van der Waals surface area contributed by atoms with Gasteiger partial charge in [-0.05, 0) is 59.7 Å². The zero-order valence-electron chi connectivity index (χ0n) is 23.9. The minimum Gasteiger partial charge on any atom is -0.497 e. The first-order valence-electron chi connectivity index (χ1n) is 13.4. The number of anilines is 1. The fraction of sp³-hybridized carbons (Fsp3) is 0.188. The van der Waals surface area contributed by atoms with Crippen molar-refractivity contribution in [1.82, 2.24) is 19.9 Å². The summed E-state index contributed by atoms with van der Waals surface area (Å²) in [5.74, 6) is 0.860. The maximum absolute atomic E-state index is 14.2. The van der Waals surface area contributed by atoms with Crippen LogP contribution in [-0.2, 0) is 22.7 Å². The Kier molecular flexibility index (Phi) is 9.07. The van der Waals surface area contributed by atoms with E-state index >= 15 is 0 Å². The van der Waals surface area contributed by atoms with Gasteiger partial charge in [-0.25, -0.2) is 4.68 Å². The molecule has 11 heteroatoms. The van der Waals surface area contributed by atoms with E-state index in [0.29, 0.717) is 44.6 Å². The van der Waals surface area contributed by atoms with E-state index in [1.54, 1.807) is 56.7 Å². The number of carbonyl (C=O) groups is 2. The van der Waals surface area contributed by atoms with Gasteiger partial charge in [-0.3, -0.25) is 9.59 Å². The van der Waals surface area contributed by atoms with Crippen LogP contribution in [0.4, 0.5) is 5.69 Å². The molecule has 1 unspecified atom stereocenters. The van der Waals surface area contributed by atoms with Gasteiger partial charge >= 0.3 is 0 Å². The summed E-state index contributed by atoms with van der Waals surface area (Å²) in [4.78, 5) is 29.9. The number of halogens is 1. The lowest BCUT2D eigenvalue weighted by atomic mass is 10.0. The molecule has 0 saturated heterocycles. The summed E-state index contributed by atoms with van der Waals surface area (Å²) in [6, 6.07) is 25.6. The highest BCUT2D eigenvalue weighted by molar-refractivity contribution is 6.30. The quantitative estimate of drug-likeness (QED) is 0.213. The molecule has 1 heterocycles. The summed E-state index contributed by atoms with van der Waals surface area (Å²) in [5.41, 5.74) is 3.16. The number of para-hydroxylation sites is 1. The van der Waals surface area contributed by atoms with E-state index in [4.69, 9.17) is 25.8 Å². The number of carbonyl (C=O) groups excluding carboxylic acids is 2. The second-order valence-corrected chi connectivity index (χ2v) is 10.1. The van der Waals surface area contributed by atoms with Crippen LogP contribution in [-0.4, -0.2) is 53.0 Å². The van der Waals surface area contributed by atoms with Gasteiger partial charge in [0, 0.05) is 17.6 Å². The second kappa shape index (κ2) is 13.3. The van der Waals surface area contributed by atoms with Crippen LogP contribution in [0.15, 0.2) is 91.0 Å². The number of rotatable bonds is 11. The number of methoxy groups -OCH3 is 3. The molecule has 43 heavy (non-hydrogen) atoms. The van der Waals surface area contributed by atoms with Gasteiger partial charge < -0.3 is 24.4 Å². The molecule has 1 atom stereocenters. The average Bonchev–Trinajstić information content (AvgIpc) is 3.44. The SMILES string of the molecule is COc1ccc(CN(C(=O)Cn2nnc3ccccc32)C(C(=O)Nc2ccc(OC)cc2OC)c2ccc(Cl)cc2)cc1. The molecule has 1 aromatic heterocycles. The predicted octanol–water partition coefficient (Wildman–Crippen LogP) is 5.52. The van der Waals surface area contributed by atoms with Crippen LogP contribution in [0, 0.1) is 0 Å². The first-order chi connectivity index (χ1) is 20.9. The molecule has 0 bridgehead atoms. The fourth-order valence-corrected chi connectivity index (χ4v) is 4.85. The molecule has 1 N–H and O–H groups in total. The number of nitrogens with zero attached hydrogens (tertiary/aromatic N) is 4. The van der Waals surface area contributed by atoms with Crippen LogP contribution in [0.25, 0.3) is 11.0 Å². The van der Waals surface area contributed by atoms with E-state index in [9.17, 15) is 9.59 Å². The van der Waals surface area contributed by atoms with Crippen molar-refractivity contribution < 1.29 is 23.8 Å². The van der Waals surface area contributed by atoms with Gasteiger partial charge in [0.05, 0.1) is 32.5 Å². The minimum absolute atomic E-state index is 0.121. The van der Waals surface area contributed by atoms with Gasteiger partial charge in [0.25, 0.3) is 5.91 Å². The maximum Gasteiger partial charge on any atom is 0.251 e. The van der Waals surface area contributed by atoms with E-state index in [-0.39, 0.29) is 19.0 Å². The Hall–Kier alpha value is -5.09. The summed E-state index contributed by atoms with van der Waals surface area (Å²) < 4.78 is 17.6. The molecule has 5 rings (SSSR count). The summed E-state index contributed by atoms with van der Waals surface area (Å²) in [5, 5.41) is 11.8. The standard InChI is InChI=1S/C32H30ClN5O5/c1-41-24-14-8-21(9-15-24)19-37(30(39)20-38-28-7-5-4-6-26(28)35-36-38)31(22-10-12-23(33)13-11-22)32(40)34-27-17-16-25(42-2)18-29(27)43-3/h4-18,31H,19-20H2,1-3H3,(H,34,40). The van der Waals surface area contributed by atoms with Crippen molar-refractivity contribution in [3.63, 3.8) is 0 Å². The van der Waals surface area contributed by atoms with Crippen LogP contribution >= 0.6 is 11.6 Å². The molecule has 10 nitrogen and oxygen atoms in total. The molecule has 0 fully saturated rings. The molecule has 4 aromatic carbocycles. The van der Waals surface area contributed by atoms with Crippen LogP contribution in [0.3, 0.4) is 0 Å². The third-order valence-corrected chi connectivity index (χ3v) is 7.20. The molecule has 0 aliphatic rings. The van der Waals surface area contributed by atoms with Crippen molar-refractivity contribution >= 4 is 40.1 Å². The van der Waals surface area contributed by atoms with Crippen molar-refractivity contribution in [2.24, 2.45) is 0 Å². The topological polar surface area (TPSA) is 108 Å². The Morgan fingerprint density at radius 1 is 0.884 bits per heavy atom. The van der Waals surface area contributed by atoms with E-state index in [2.05, 4.69) is 15.6 Å². The van der Waals surface area contributed by atoms with Crippen LogP contribution in [0.5, 0.6) is 17.2 Å². The van der Waals surface area contributed by atoms with E-state index in [1.165, 1.54) is 16.7 Å². The first kappa shape index (κ1) is 29.4. The lowest BCUT2D eigenvalue weighted by Gasteiger charge is -2.32. The van der Waals surface area contributed by atoms with Crippen molar-refractivity contribution in [2.45, 2.75) is 19.1 Å². The molecule has 2 amide bonds. The summed E-state index contributed by atoms with van der Waals surface area (Å²) in [7, 11) is 4.63. The third kappa shape index (κ3) is 6.70. The maximum atomic E-state index is 14.2. The Bertz CT molecular complexity index is 1720. The van der Waals surface area contributed by atoms with Crippen molar-refractivity contribution in [3.05, 3.63) is 107 Å². The number of fused-ring (bicyclic) bond motifs is 1. The molecule has 0 aliphatic carbocycles. The number of aromatic nitrogens is 3. The highest BCUT2D eigenvalue weighted by Crippen LogP contribution is 2.32. The average molecular weight is 600 g/mol. The molecule has 5 aromatic rings. The van der Waals surface area contributed by atoms with E-state index < -0.39 is 11.9 Å². The zero-order valence-corrected chi connectivity index (χ0v) is 24.6. The number of nitrogens with one attached hydrogen (secondary N) is 1. The smallest absolute Gasteiger partial charge is 0.251 e. The first-order valence-corrected chi connectivity index (χ1v) is 13.8. The molecule has 0 aliphatic heterocycles. The van der Waals surface area contributed by atoms with Gasteiger partial charge in [-0.15, -0.1) is 5.10 Å². The highest BCUT2D eigenvalue weighted by atomic mass is 35.5. The lowest BCUT2D eigenvalue weighted by Crippen LogP contribution is -2.42. The Morgan fingerprint density at radius 2 is 1.58 bits per heavy atom. The van der Waals surface area contributed by atoms with Crippen molar-refractivity contribution in [2.75, 3.05) is 26.6 Å². The Morgan fingerprint density at radius 3 is 2.28 bits per heavy atom. The van der Waals surface area contributed by atoms with Crippen molar-refractivity contribution in [3.8, 4) is 17.2 Å². The van der Waals surface area contributed by atoms with Crippen molar-refractivity contribution in [1.29, 1.82) is 0 Å². The number of amides is 2. The Labute approximate surface area is 253 Å². The fourth-order valence-electron chi connectivity index (χ4n) is 4.72. The minimum atomic E-state index is -1.05. The monoisotopic (exact) mass is 599 g/mol. The molecular formula is C32H30ClN5O5. The summed E-state index contributed by atoms with van der Waals surface area (Å²) in [6.07, 6.45) is 0. The number of ether oxygens (including phenoxy) is 3. The highest BCUT2D eigenvalue weighted by Gasteiger charge is 2.33.